The third-order valence-electron chi connectivity index (χ3n) is 3.24. The van der Waals surface area contributed by atoms with Crippen molar-refractivity contribution in [3.05, 3.63) is 51.9 Å². The monoisotopic (exact) mass is 323 g/mol. The standard InChI is InChI=1S/C15H18BrNO2/c1-10(18)12-4-5-15(14(16)8-12)17(3)9-13-6-7-19-11(13)2/h4-8,10,18H,9H2,1-3H3/t10-/m1/s1. The number of aryl methyl sites for hydroxylation is 1. The van der Waals surface area contributed by atoms with Crippen molar-refractivity contribution < 1.29 is 9.52 Å². The molecule has 0 radical (unpaired) electrons. The number of aliphatic hydroxyl groups excluding tert-OH is 1. The highest BCUT2D eigenvalue weighted by molar-refractivity contribution is 9.10. The number of aliphatic hydroxyl groups is 1. The molecule has 0 bridgehead atoms. The number of nitrogens with zero attached hydrogens (tertiary/aromatic N) is 1. The first kappa shape index (κ1) is 14.2. The minimum absolute atomic E-state index is 0.452. The van der Waals surface area contributed by atoms with E-state index in [-0.39, 0.29) is 0 Å². The van der Waals surface area contributed by atoms with Gasteiger partial charge in [-0.15, -0.1) is 0 Å². The molecule has 102 valence electrons. The Morgan fingerprint density at radius 2 is 2.11 bits per heavy atom. The maximum Gasteiger partial charge on any atom is 0.105 e. The Morgan fingerprint density at radius 3 is 2.63 bits per heavy atom. The second kappa shape index (κ2) is 5.80. The summed E-state index contributed by atoms with van der Waals surface area (Å²) in [5.41, 5.74) is 3.17. The first-order valence-electron chi connectivity index (χ1n) is 6.20. The smallest absolute Gasteiger partial charge is 0.105 e. The molecule has 0 spiro atoms. The van der Waals surface area contributed by atoms with Crippen molar-refractivity contribution in [2.45, 2.75) is 26.5 Å². The molecule has 1 atom stereocenters. The lowest BCUT2D eigenvalue weighted by Crippen LogP contribution is -2.17. The SMILES string of the molecule is Cc1occc1CN(C)c1ccc([C@@H](C)O)cc1Br. The van der Waals surface area contributed by atoms with Crippen molar-refractivity contribution in [2.24, 2.45) is 0 Å². The van der Waals surface area contributed by atoms with Gasteiger partial charge in [0, 0.05) is 23.6 Å². The summed E-state index contributed by atoms with van der Waals surface area (Å²) in [4.78, 5) is 2.15. The van der Waals surface area contributed by atoms with Gasteiger partial charge < -0.3 is 14.4 Å². The summed E-state index contributed by atoms with van der Waals surface area (Å²) in [6.07, 6.45) is 1.26. The zero-order valence-corrected chi connectivity index (χ0v) is 12.9. The zero-order chi connectivity index (χ0) is 14.0. The molecule has 1 aromatic carbocycles. The van der Waals surface area contributed by atoms with Gasteiger partial charge in [-0.3, -0.25) is 0 Å². The fraction of sp³-hybridized carbons (Fsp3) is 0.333. The van der Waals surface area contributed by atoms with Crippen molar-refractivity contribution >= 4 is 21.6 Å². The molecule has 2 aromatic rings. The van der Waals surface area contributed by atoms with Crippen LogP contribution in [0.1, 0.15) is 29.9 Å². The maximum atomic E-state index is 9.57. The zero-order valence-electron chi connectivity index (χ0n) is 11.4. The van der Waals surface area contributed by atoms with Crippen LogP contribution in [0.5, 0.6) is 0 Å². The Morgan fingerprint density at radius 1 is 1.37 bits per heavy atom. The van der Waals surface area contributed by atoms with E-state index in [0.717, 1.165) is 28.0 Å². The largest absolute Gasteiger partial charge is 0.469 e. The Balaban J connectivity index is 2.20. The molecule has 0 fully saturated rings. The number of halogens is 1. The number of rotatable bonds is 4. The first-order chi connectivity index (χ1) is 8.99. The average Bonchev–Trinajstić information content (AvgIpc) is 2.74. The molecule has 0 aliphatic carbocycles. The highest BCUT2D eigenvalue weighted by atomic mass is 79.9. The lowest BCUT2D eigenvalue weighted by molar-refractivity contribution is 0.199. The minimum Gasteiger partial charge on any atom is -0.469 e. The fourth-order valence-electron chi connectivity index (χ4n) is 2.01. The molecule has 0 aliphatic heterocycles. The van der Waals surface area contributed by atoms with Gasteiger partial charge in [0.05, 0.1) is 18.1 Å². The molecular formula is C15H18BrNO2. The summed E-state index contributed by atoms with van der Waals surface area (Å²) in [6, 6.07) is 7.91. The van der Waals surface area contributed by atoms with Crippen molar-refractivity contribution in [3.63, 3.8) is 0 Å². The van der Waals surface area contributed by atoms with Crippen molar-refractivity contribution in [2.75, 3.05) is 11.9 Å². The van der Waals surface area contributed by atoms with Crippen LogP contribution in [0, 0.1) is 6.92 Å². The highest BCUT2D eigenvalue weighted by Crippen LogP contribution is 2.30. The van der Waals surface area contributed by atoms with E-state index in [1.165, 1.54) is 5.56 Å². The van der Waals surface area contributed by atoms with E-state index in [4.69, 9.17) is 4.42 Å². The lowest BCUT2D eigenvalue weighted by Gasteiger charge is -2.21. The van der Waals surface area contributed by atoms with Gasteiger partial charge in [-0.05, 0) is 53.5 Å². The van der Waals surface area contributed by atoms with Gasteiger partial charge in [-0.25, -0.2) is 0 Å². The predicted molar refractivity (Wildman–Crippen MR) is 80.3 cm³/mol. The predicted octanol–water partition coefficient (Wildman–Crippen LogP) is 4.04. The van der Waals surface area contributed by atoms with Crippen molar-refractivity contribution in [1.29, 1.82) is 0 Å². The van der Waals surface area contributed by atoms with Gasteiger partial charge in [-0.1, -0.05) is 6.07 Å². The molecule has 1 aromatic heterocycles. The van der Waals surface area contributed by atoms with Crippen LogP contribution in [0.2, 0.25) is 0 Å². The van der Waals surface area contributed by atoms with E-state index < -0.39 is 6.10 Å². The number of hydrogen-bond donors (Lipinski definition) is 1. The Labute approximate surface area is 122 Å². The molecule has 19 heavy (non-hydrogen) atoms. The molecule has 0 aliphatic rings. The molecule has 2 rings (SSSR count). The van der Waals surface area contributed by atoms with Gasteiger partial charge in [0.25, 0.3) is 0 Å². The Bertz CT molecular complexity index is 563. The third kappa shape index (κ3) is 3.19. The summed E-state index contributed by atoms with van der Waals surface area (Å²) in [6.45, 7) is 4.52. The summed E-state index contributed by atoms with van der Waals surface area (Å²) >= 11 is 3.56. The summed E-state index contributed by atoms with van der Waals surface area (Å²) in [5, 5.41) is 9.57. The van der Waals surface area contributed by atoms with Gasteiger partial charge in [0.1, 0.15) is 5.76 Å². The van der Waals surface area contributed by atoms with E-state index in [1.54, 1.807) is 13.2 Å². The molecule has 4 heteroatoms. The lowest BCUT2D eigenvalue weighted by atomic mass is 10.1. The first-order valence-corrected chi connectivity index (χ1v) is 7.00. The van der Waals surface area contributed by atoms with Crippen LogP contribution in [0.4, 0.5) is 5.69 Å². The molecule has 1 heterocycles. The number of benzene rings is 1. The highest BCUT2D eigenvalue weighted by Gasteiger charge is 2.11. The molecule has 1 N–H and O–H groups in total. The summed E-state index contributed by atoms with van der Waals surface area (Å²) in [7, 11) is 2.04. The molecule has 3 nitrogen and oxygen atoms in total. The van der Waals surface area contributed by atoms with E-state index >= 15 is 0 Å². The van der Waals surface area contributed by atoms with Crippen LogP contribution in [0.3, 0.4) is 0 Å². The summed E-state index contributed by atoms with van der Waals surface area (Å²) in [5.74, 6) is 0.948. The second-order valence-electron chi connectivity index (χ2n) is 4.74. The quantitative estimate of drug-likeness (QED) is 0.922. The van der Waals surface area contributed by atoms with Gasteiger partial charge in [0.2, 0.25) is 0 Å². The number of hydrogen-bond acceptors (Lipinski definition) is 3. The van der Waals surface area contributed by atoms with E-state index in [2.05, 4.69) is 20.8 Å². The van der Waals surface area contributed by atoms with Crippen LogP contribution in [0.15, 0.2) is 39.4 Å². The number of furan rings is 1. The van der Waals surface area contributed by atoms with Crippen LogP contribution in [-0.2, 0) is 6.54 Å². The molecule has 0 unspecified atom stereocenters. The van der Waals surface area contributed by atoms with Gasteiger partial charge >= 0.3 is 0 Å². The van der Waals surface area contributed by atoms with E-state index in [0.29, 0.717) is 0 Å². The van der Waals surface area contributed by atoms with Gasteiger partial charge in [0.15, 0.2) is 0 Å². The molecule has 0 saturated heterocycles. The average molecular weight is 324 g/mol. The normalized spacial score (nSPS) is 12.5. The van der Waals surface area contributed by atoms with Gasteiger partial charge in [-0.2, -0.15) is 0 Å². The minimum atomic E-state index is -0.452. The fourth-order valence-corrected chi connectivity index (χ4v) is 2.71. The topological polar surface area (TPSA) is 36.6 Å². The van der Waals surface area contributed by atoms with Crippen LogP contribution >= 0.6 is 15.9 Å². The second-order valence-corrected chi connectivity index (χ2v) is 5.60. The maximum absolute atomic E-state index is 9.57. The Hall–Kier alpha value is -1.26. The van der Waals surface area contributed by atoms with Crippen molar-refractivity contribution in [1.82, 2.24) is 0 Å². The molecule has 0 amide bonds. The Kier molecular flexibility index (Phi) is 4.32. The van der Waals surface area contributed by atoms with E-state index in [9.17, 15) is 5.11 Å². The van der Waals surface area contributed by atoms with Crippen LogP contribution in [-0.4, -0.2) is 12.2 Å². The van der Waals surface area contributed by atoms with Crippen LogP contribution in [0.25, 0.3) is 0 Å². The molecule has 0 saturated carbocycles. The molecular weight excluding hydrogens is 306 g/mol. The van der Waals surface area contributed by atoms with E-state index in [1.807, 2.05) is 38.2 Å². The van der Waals surface area contributed by atoms with Crippen molar-refractivity contribution in [3.8, 4) is 0 Å². The van der Waals surface area contributed by atoms with Crippen LogP contribution < -0.4 is 4.90 Å². The number of anilines is 1. The summed E-state index contributed by atoms with van der Waals surface area (Å²) < 4.78 is 6.29. The third-order valence-corrected chi connectivity index (χ3v) is 3.87.